The Morgan fingerprint density at radius 3 is 2.15 bits per heavy atom. The fraction of sp³-hybridized carbons (Fsp3) is 0.312. The summed E-state index contributed by atoms with van der Waals surface area (Å²) in [5, 5.41) is 11.6. The third kappa shape index (κ3) is 6.15. The second-order valence-corrected chi connectivity index (χ2v) is 10.0. The molecule has 41 heavy (non-hydrogen) atoms. The Hall–Kier alpha value is -4.50. The number of hydrogen-bond acceptors (Lipinski definition) is 8. The van der Waals surface area contributed by atoms with E-state index in [0.29, 0.717) is 52.8 Å². The number of nitrogens with zero attached hydrogens (tertiary/aromatic N) is 2. The van der Waals surface area contributed by atoms with Crippen molar-refractivity contribution in [3.8, 4) is 23.0 Å². The lowest BCUT2D eigenvalue weighted by atomic mass is 9.93. The molecule has 1 N–H and O–H groups in total. The normalized spacial score (nSPS) is 16.3. The van der Waals surface area contributed by atoms with Crippen LogP contribution in [0.25, 0.3) is 5.76 Å². The van der Waals surface area contributed by atoms with Gasteiger partial charge in [-0.2, -0.15) is 0 Å². The monoisotopic (exact) mass is 560 g/mol. The first-order valence-corrected chi connectivity index (χ1v) is 13.2. The summed E-state index contributed by atoms with van der Waals surface area (Å²) in [5.74, 6) is 0.0340. The SMILES string of the molecule is COc1cc([C@H]2/C(=C(\O)c3ccc(OCc4ccccc4)cc3C)C(=O)C(=O)N2CCN(C)C)cc(OC)c1OC. The first-order valence-electron chi connectivity index (χ1n) is 13.2. The van der Waals surface area contributed by atoms with Gasteiger partial charge in [0, 0.05) is 18.7 Å². The van der Waals surface area contributed by atoms with Crippen LogP contribution in [0.5, 0.6) is 23.0 Å². The van der Waals surface area contributed by atoms with Gasteiger partial charge in [0.25, 0.3) is 11.7 Å². The number of benzene rings is 3. The van der Waals surface area contributed by atoms with E-state index in [9.17, 15) is 14.7 Å². The van der Waals surface area contributed by atoms with Crippen LogP contribution in [0.2, 0.25) is 0 Å². The van der Waals surface area contributed by atoms with Gasteiger partial charge in [-0.05, 0) is 68.0 Å². The number of carbonyl (C=O) groups is 2. The maximum atomic E-state index is 13.5. The number of rotatable bonds is 11. The molecule has 216 valence electrons. The zero-order valence-corrected chi connectivity index (χ0v) is 24.3. The first-order chi connectivity index (χ1) is 19.7. The van der Waals surface area contributed by atoms with Crippen LogP contribution in [0.4, 0.5) is 0 Å². The summed E-state index contributed by atoms with van der Waals surface area (Å²) >= 11 is 0. The predicted molar refractivity (Wildman–Crippen MR) is 156 cm³/mol. The number of carbonyl (C=O) groups excluding carboxylic acids is 2. The number of Topliss-reactive ketones (excluding diaryl/α,β-unsaturated/α-hetero) is 1. The molecule has 1 saturated heterocycles. The molecule has 0 bridgehead atoms. The largest absolute Gasteiger partial charge is 0.507 e. The van der Waals surface area contributed by atoms with Gasteiger partial charge in [-0.3, -0.25) is 9.59 Å². The lowest BCUT2D eigenvalue weighted by Gasteiger charge is -2.27. The lowest BCUT2D eigenvalue weighted by Crippen LogP contribution is -2.35. The molecule has 3 aromatic carbocycles. The molecule has 3 aromatic rings. The van der Waals surface area contributed by atoms with Gasteiger partial charge < -0.3 is 33.9 Å². The highest BCUT2D eigenvalue weighted by molar-refractivity contribution is 6.46. The van der Waals surface area contributed by atoms with E-state index < -0.39 is 17.7 Å². The van der Waals surface area contributed by atoms with Crippen molar-refractivity contribution in [2.45, 2.75) is 19.6 Å². The Kier molecular flexibility index (Phi) is 9.19. The topological polar surface area (TPSA) is 97.8 Å². The van der Waals surface area contributed by atoms with E-state index in [4.69, 9.17) is 18.9 Å². The molecule has 0 aromatic heterocycles. The van der Waals surface area contributed by atoms with Crippen LogP contribution in [-0.4, -0.2) is 75.1 Å². The zero-order chi connectivity index (χ0) is 29.7. The standard InChI is InChI=1S/C32H36N2O7/c1-20-16-23(41-19-21-10-8-7-9-11-21)12-13-24(20)29(35)27-28(34(15-14-33(2)3)32(37)30(27)36)22-17-25(38-4)31(40-6)26(18-22)39-5/h7-13,16-18,28,35H,14-15,19H2,1-6H3/b29-27+/t28-/m0/s1. The van der Waals surface area contributed by atoms with E-state index in [1.807, 2.05) is 56.3 Å². The molecule has 1 amide bonds. The van der Waals surface area contributed by atoms with Crippen molar-refractivity contribution in [2.75, 3.05) is 48.5 Å². The molecule has 9 heteroatoms. The number of ketones is 1. The highest BCUT2D eigenvalue weighted by Crippen LogP contribution is 2.46. The molecule has 0 saturated carbocycles. The molecular formula is C32H36N2O7. The van der Waals surface area contributed by atoms with Gasteiger partial charge in [-0.15, -0.1) is 0 Å². The van der Waals surface area contributed by atoms with E-state index >= 15 is 0 Å². The van der Waals surface area contributed by atoms with Crippen LogP contribution < -0.4 is 18.9 Å². The average molecular weight is 561 g/mol. The summed E-state index contributed by atoms with van der Waals surface area (Å²) < 4.78 is 22.5. The lowest BCUT2D eigenvalue weighted by molar-refractivity contribution is -0.140. The summed E-state index contributed by atoms with van der Waals surface area (Å²) in [6, 6.07) is 17.5. The van der Waals surface area contributed by atoms with Gasteiger partial charge in [-0.25, -0.2) is 0 Å². The first kappa shape index (κ1) is 29.5. The van der Waals surface area contributed by atoms with Crippen LogP contribution in [-0.2, 0) is 16.2 Å². The number of methoxy groups -OCH3 is 3. The number of aryl methyl sites for hydroxylation is 1. The molecule has 0 unspecified atom stereocenters. The second kappa shape index (κ2) is 12.8. The number of likely N-dealkylation sites (N-methyl/N-ethyl adjacent to an activating group) is 1. The van der Waals surface area contributed by atoms with Crippen LogP contribution >= 0.6 is 0 Å². The fourth-order valence-corrected chi connectivity index (χ4v) is 4.90. The van der Waals surface area contributed by atoms with Gasteiger partial charge in [0.05, 0.1) is 32.9 Å². The molecule has 0 spiro atoms. The van der Waals surface area contributed by atoms with Gasteiger partial charge >= 0.3 is 0 Å². The average Bonchev–Trinajstić information content (AvgIpc) is 3.23. The molecule has 0 aliphatic carbocycles. The maximum Gasteiger partial charge on any atom is 0.295 e. The molecule has 0 radical (unpaired) electrons. The minimum atomic E-state index is -0.878. The Labute approximate surface area is 240 Å². The highest BCUT2D eigenvalue weighted by atomic mass is 16.5. The number of ether oxygens (including phenoxy) is 4. The third-order valence-corrected chi connectivity index (χ3v) is 7.03. The van der Waals surface area contributed by atoms with Crippen molar-refractivity contribution >= 4 is 17.4 Å². The van der Waals surface area contributed by atoms with Gasteiger partial charge in [0.2, 0.25) is 5.75 Å². The summed E-state index contributed by atoms with van der Waals surface area (Å²) in [4.78, 5) is 30.2. The molecule has 1 atom stereocenters. The zero-order valence-electron chi connectivity index (χ0n) is 24.3. The van der Waals surface area contributed by atoms with Crippen molar-refractivity contribution in [1.82, 2.24) is 9.80 Å². The second-order valence-electron chi connectivity index (χ2n) is 10.0. The molecular weight excluding hydrogens is 524 g/mol. The van der Waals surface area contributed by atoms with E-state index in [0.717, 1.165) is 5.56 Å². The molecule has 1 fully saturated rings. The minimum absolute atomic E-state index is 0.0101. The summed E-state index contributed by atoms with van der Waals surface area (Å²) in [7, 11) is 8.26. The van der Waals surface area contributed by atoms with E-state index in [-0.39, 0.29) is 17.9 Å². The Morgan fingerprint density at radius 1 is 0.927 bits per heavy atom. The summed E-state index contributed by atoms with van der Waals surface area (Å²) in [6.07, 6.45) is 0. The fourth-order valence-electron chi connectivity index (χ4n) is 4.90. The third-order valence-electron chi connectivity index (χ3n) is 7.03. The minimum Gasteiger partial charge on any atom is -0.507 e. The van der Waals surface area contributed by atoms with Gasteiger partial charge in [0.1, 0.15) is 18.1 Å². The maximum absolute atomic E-state index is 13.5. The van der Waals surface area contributed by atoms with Crippen LogP contribution in [0.3, 0.4) is 0 Å². The number of aliphatic hydroxyl groups excluding tert-OH is 1. The van der Waals surface area contributed by atoms with Crippen LogP contribution in [0.15, 0.2) is 66.2 Å². The Bertz CT molecular complexity index is 1420. The van der Waals surface area contributed by atoms with E-state index in [2.05, 4.69) is 0 Å². The van der Waals surface area contributed by atoms with Crippen molar-refractivity contribution in [1.29, 1.82) is 0 Å². The van der Waals surface area contributed by atoms with Crippen LogP contribution in [0, 0.1) is 6.92 Å². The quantitative estimate of drug-likeness (QED) is 0.207. The Balaban J connectivity index is 1.79. The van der Waals surface area contributed by atoms with Crippen molar-refractivity contribution < 1.29 is 33.6 Å². The number of likely N-dealkylation sites (tertiary alicyclic amines) is 1. The molecule has 1 aliphatic heterocycles. The predicted octanol–water partition coefficient (Wildman–Crippen LogP) is 4.58. The molecule has 1 heterocycles. The highest BCUT2D eigenvalue weighted by Gasteiger charge is 2.46. The summed E-state index contributed by atoms with van der Waals surface area (Å²) in [5.41, 5.74) is 2.68. The van der Waals surface area contributed by atoms with Crippen molar-refractivity contribution in [2.24, 2.45) is 0 Å². The van der Waals surface area contributed by atoms with E-state index in [1.54, 1.807) is 30.3 Å². The number of aliphatic hydroxyl groups is 1. The Morgan fingerprint density at radius 2 is 1.59 bits per heavy atom. The van der Waals surface area contributed by atoms with Gasteiger partial charge in [0.15, 0.2) is 11.5 Å². The van der Waals surface area contributed by atoms with E-state index in [1.165, 1.54) is 26.2 Å². The molecule has 1 aliphatic rings. The van der Waals surface area contributed by atoms with Crippen LogP contribution in [0.1, 0.15) is 28.3 Å². The smallest absolute Gasteiger partial charge is 0.295 e. The summed E-state index contributed by atoms with van der Waals surface area (Å²) in [6.45, 7) is 2.99. The van der Waals surface area contributed by atoms with Gasteiger partial charge in [-0.1, -0.05) is 30.3 Å². The van der Waals surface area contributed by atoms with Crippen molar-refractivity contribution in [3.05, 3.63) is 88.5 Å². The molecule has 9 nitrogen and oxygen atoms in total. The molecule has 4 rings (SSSR count). The van der Waals surface area contributed by atoms with Crippen molar-refractivity contribution in [3.63, 3.8) is 0 Å². The number of hydrogen-bond donors (Lipinski definition) is 1. The number of amides is 1.